The first-order valence-electron chi connectivity index (χ1n) is 8.92. The van der Waals surface area contributed by atoms with Crippen molar-refractivity contribution in [1.29, 1.82) is 0 Å². The highest BCUT2D eigenvalue weighted by molar-refractivity contribution is 5.94. The van der Waals surface area contributed by atoms with Gasteiger partial charge >= 0.3 is 6.09 Å². The third kappa shape index (κ3) is 3.48. The number of rotatable bonds is 3. The topological polar surface area (TPSA) is 101 Å². The molecule has 1 saturated heterocycles. The zero-order valence-electron chi connectivity index (χ0n) is 14.7. The van der Waals surface area contributed by atoms with Crippen LogP contribution in [0, 0.1) is 0 Å². The molecule has 3 N–H and O–H groups in total. The third-order valence-corrected chi connectivity index (χ3v) is 4.82. The van der Waals surface area contributed by atoms with E-state index in [1.807, 2.05) is 41.3 Å². The normalized spacial score (nSPS) is 17.0. The standard InChI is InChI=1S/C20H20N4O3/c21-20(26)27-16-10-4-9-15-17(16)23-18(22-15)14-8-5-11-24(12-14)19(25)13-6-2-1-3-7-13/h1-4,6-7,9-10,14H,5,8,11-12H2,(H2,21,26)(H,22,23). The van der Waals surface area contributed by atoms with Crippen LogP contribution in [0.4, 0.5) is 4.79 Å². The molecule has 0 radical (unpaired) electrons. The fourth-order valence-corrected chi connectivity index (χ4v) is 3.56. The molecule has 0 saturated carbocycles. The number of likely N-dealkylation sites (tertiary alicyclic amines) is 1. The van der Waals surface area contributed by atoms with Crippen molar-refractivity contribution in [3.63, 3.8) is 0 Å². The molecule has 3 aromatic rings. The molecule has 2 aromatic carbocycles. The molecule has 1 fully saturated rings. The van der Waals surface area contributed by atoms with Crippen LogP contribution in [-0.2, 0) is 0 Å². The van der Waals surface area contributed by atoms with E-state index >= 15 is 0 Å². The summed E-state index contributed by atoms with van der Waals surface area (Å²) in [6.45, 7) is 1.33. The number of piperidine rings is 1. The van der Waals surface area contributed by atoms with Gasteiger partial charge in [-0.3, -0.25) is 4.79 Å². The van der Waals surface area contributed by atoms with E-state index in [9.17, 15) is 9.59 Å². The zero-order valence-corrected chi connectivity index (χ0v) is 14.7. The average Bonchev–Trinajstić information content (AvgIpc) is 3.13. The largest absolute Gasteiger partial charge is 0.410 e. The maximum absolute atomic E-state index is 12.7. The number of aromatic amines is 1. The quantitative estimate of drug-likeness (QED) is 0.746. The van der Waals surface area contributed by atoms with Crippen molar-refractivity contribution in [2.75, 3.05) is 13.1 Å². The van der Waals surface area contributed by atoms with Crippen molar-refractivity contribution < 1.29 is 14.3 Å². The lowest BCUT2D eigenvalue weighted by Crippen LogP contribution is -2.39. The van der Waals surface area contributed by atoms with Crippen molar-refractivity contribution in [1.82, 2.24) is 14.9 Å². The molecule has 138 valence electrons. The maximum Gasteiger partial charge on any atom is 0.410 e. The highest BCUT2D eigenvalue weighted by Gasteiger charge is 2.27. The Morgan fingerprint density at radius 1 is 1.15 bits per heavy atom. The summed E-state index contributed by atoms with van der Waals surface area (Å²) in [7, 11) is 0. The van der Waals surface area contributed by atoms with Gasteiger partial charge in [0, 0.05) is 24.6 Å². The maximum atomic E-state index is 12.7. The number of aromatic nitrogens is 2. The van der Waals surface area contributed by atoms with Crippen LogP contribution in [-0.4, -0.2) is 40.0 Å². The van der Waals surface area contributed by atoms with Crippen LogP contribution in [0.15, 0.2) is 48.5 Å². The van der Waals surface area contributed by atoms with E-state index in [1.54, 1.807) is 12.1 Å². The van der Waals surface area contributed by atoms with E-state index in [4.69, 9.17) is 10.5 Å². The first-order valence-corrected chi connectivity index (χ1v) is 8.92. The van der Waals surface area contributed by atoms with Crippen LogP contribution < -0.4 is 10.5 Å². The lowest BCUT2D eigenvalue weighted by molar-refractivity contribution is 0.0705. The van der Waals surface area contributed by atoms with Gasteiger partial charge in [0.1, 0.15) is 11.3 Å². The number of nitrogens with two attached hydrogens (primary N) is 1. The van der Waals surface area contributed by atoms with Gasteiger partial charge in [0.2, 0.25) is 0 Å². The molecule has 7 nitrogen and oxygen atoms in total. The van der Waals surface area contributed by atoms with Crippen LogP contribution in [0.1, 0.15) is 34.9 Å². The van der Waals surface area contributed by atoms with Crippen LogP contribution in [0.25, 0.3) is 11.0 Å². The number of benzene rings is 2. The minimum atomic E-state index is -0.871. The lowest BCUT2D eigenvalue weighted by Gasteiger charge is -2.32. The summed E-state index contributed by atoms with van der Waals surface area (Å²) in [5.41, 5.74) is 7.16. The van der Waals surface area contributed by atoms with Crippen LogP contribution in [0.2, 0.25) is 0 Å². The number of hydrogen-bond donors (Lipinski definition) is 2. The summed E-state index contributed by atoms with van der Waals surface area (Å²) in [5, 5.41) is 0. The predicted molar refractivity (Wildman–Crippen MR) is 101 cm³/mol. The highest BCUT2D eigenvalue weighted by atomic mass is 16.5. The molecule has 1 aliphatic heterocycles. The van der Waals surface area contributed by atoms with E-state index in [1.165, 1.54) is 0 Å². The molecule has 0 bridgehead atoms. The number of imidazole rings is 1. The molecule has 0 spiro atoms. The fourth-order valence-electron chi connectivity index (χ4n) is 3.56. The molecule has 4 rings (SSSR count). The first-order chi connectivity index (χ1) is 13.1. The fraction of sp³-hybridized carbons (Fsp3) is 0.250. The number of hydrogen-bond acceptors (Lipinski definition) is 4. The Morgan fingerprint density at radius 2 is 1.96 bits per heavy atom. The van der Waals surface area contributed by atoms with Gasteiger partial charge in [0.25, 0.3) is 5.91 Å². The van der Waals surface area contributed by atoms with E-state index in [2.05, 4.69) is 9.97 Å². The predicted octanol–water partition coefficient (Wildman–Crippen LogP) is 3.04. The molecule has 2 amide bonds. The van der Waals surface area contributed by atoms with Crippen molar-refractivity contribution >= 4 is 23.0 Å². The number of H-pyrrole nitrogens is 1. The highest BCUT2D eigenvalue weighted by Crippen LogP contribution is 2.30. The molecular weight excluding hydrogens is 344 g/mol. The summed E-state index contributed by atoms with van der Waals surface area (Å²) in [5.74, 6) is 1.25. The summed E-state index contributed by atoms with van der Waals surface area (Å²) in [4.78, 5) is 33.6. The Bertz CT molecular complexity index is 983. The second kappa shape index (κ2) is 7.11. The van der Waals surface area contributed by atoms with Crippen LogP contribution in [0.3, 0.4) is 0 Å². The number of primary amides is 1. The molecule has 1 aliphatic rings. The number of nitrogens with one attached hydrogen (secondary N) is 1. The summed E-state index contributed by atoms with van der Waals surface area (Å²) >= 11 is 0. The van der Waals surface area contributed by atoms with Crippen molar-refractivity contribution in [2.45, 2.75) is 18.8 Å². The van der Waals surface area contributed by atoms with Crippen LogP contribution in [0.5, 0.6) is 5.75 Å². The molecule has 7 heteroatoms. The number of fused-ring (bicyclic) bond motifs is 1. The SMILES string of the molecule is NC(=O)Oc1cccc2[nH]c(C3CCCN(C(=O)c4ccccc4)C3)nc12. The number of para-hydroxylation sites is 1. The Morgan fingerprint density at radius 3 is 2.74 bits per heavy atom. The summed E-state index contributed by atoms with van der Waals surface area (Å²) in [6.07, 6.45) is 0.972. The molecule has 1 atom stereocenters. The minimum absolute atomic E-state index is 0.0363. The van der Waals surface area contributed by atoms with Crippen molar-refractivity contribution in [3.8, 4) is 5.75 Å². The van der Waals surface area contributed by atoms with Crippen LogP contribution >= 0.6 is 0 Å². The van der Waals surface area contributed by atoms with E-state index in [0.717, 1.165) is 30.7 Å². The minimum Gasteiger partial charge on any atom is -0.408 e. The van der Waals surface area contributed by atoms with Gasteiger partial charge in [-0.1, -0.05) is 24.3 Å². The zero-order chi connectivity index (χ0) is 18.8. The molecule has 0 aliphatic carbocycles. The molecule has 1 unspecified atom stereocenters. The first kappa shape index (κ1) is 17.1. The number of carbonyl (C=O) groups excluding carboxylic acids is 2. The summed E-state index contributed by atoms with van der Waals surface area (Å²) in [6, 6.07) is 14.6. The van der Waals surface area contributed by atoms with Gasteiger partial charge < -0.3 is 20.4 Å². The number of nitrogens with zero attached hydrogens (tertiary/aromatic N) is 2. The second-order valence-electron chi connectivity index (χ2n) is 6.65. The second-order valence-corrected chi connectivity index (χ2v) is 6.65. The van der Waals surface area contributed by atoms with Gasteiger partial charge in [0.15, 0.2) is 5.75 Å². The van der Waals surface area contributed by atoms with Crippen molar-refractivity contribution in [3.05, 3.63) is 59.9 Å². The molecule has 2 heterocycles. The van der Waals surface area contributed by atoms with Gasteiger partial charge in [-0.15, -0.1) is 0 Å². The number of ether oxygens (including phenoxy) is 1. The van der Waals surface area contributed by atoms with E-state index in [-0.39, 0.29) is 11.8 Å². The van der Waals surface area contributed by atoms with Gasteiger partial charge in [-0.2, -0.15) is 0 Å². The third-order valence-electron chi connectivity index (χ3n) is 4.82. The van der Waals surface area contributed by atoms with E-state index < -0.39 is 6.09 Å². The Balaban J connectivity index is 1.58. The Labute approximate surface area is 156 Å². The van der Waals surface area contributed by atoms with Gasteiger partial charge in [-0.25, -0.2) is 9.78 Å². The smallest absolute Gasteiger partial charge is 0.408 e. The van der Waals surface area contributed by atoms with Crippen molar-refractivity contribution in [2.24, 2.45) is 5.73 Å². The van der Waals surface area contributed by atoms with E-state index in [0.29, 0.717) is 23.4 Å². The number of amides is 2. The van der Waals surface area contributed by atoms with Gasteiger partial charge in [0.05, 0.1) is 5.52 Å². The molecular formula is C20H20N4O3. The lowest BCUT2D eigenvalue weighted by atomic mass is 9.96. The monoisotopic (exact) mass is 364 g/mol. The Kier molecular flexibility index (Phi) is 4.50. The molecule has 27 heavy (non-hydrogen) atoms. The summed E-state index contributed by atoms with van der Waals surface area (Å²) < 4.78 is 5.04. The van der Waals surface area contributed by atoms with Gasteiger partial charge in [-0.05, 0) is 37.1 Å². The Hall–Kier alpha value is -3.35. The number of carbonyl (C=O) groups is 2. The molecule has 1 aromatic heterocycles. The average molecular weight is 364 g/mol.